The van der Waals surface area contributed by atoms with Crippen molar-refractivity contribution in [2.24, 2.45) is 0 Å². The Hall–Kier alpha value is -2.93. The Morgan fingerprint density at radius 3 is 2.62 bits per heavy atom. The maximum Gasteiger partial charge on any atom is 0.241 e. The number of nitrogens with one attached hydrogen (secondary N) is 1. The van der Waals surface area contributed by atoms with Gasteiger partial charge in [0, 0.05) is 0 Å². The molecule has 0 aliphatic rings. The number of sulfone groups is 1. The van der Waals surface area contributed by atoms with E-state index in [9.17, 15) is 16.8 Å². The maximum atomic E-state index is 13.0. The van der Waals surface area contributed by atoms with Crippen molar-refractivity contribution < 1.29 is 21.3 Å². The van der Waals surface area contributed by atoms with Crippen molar-refractivity contribution in [3.8, 4) is 11.1 Å². The van der Waals surface area contributed by atoms with Gasteiger partial charge in [0.1, 0.15) is 5.01 Å². The molecule has 1 atom stereocenters. The molecule has 4 rings (SSSR count). The van der Waals surface area contributed by atoms with Crippen LogP contribution < -0.4 is 4.72 Å². The summed E-state index contributed by atoms with van der Waals surface area (Å²) >= 11 is 1.22. The molecule has 0 saturated carbocycles. The van der Waals surface area contributed by atoms with Crippen molar-refractivity contribution in [2.45, 2.75) is 11.8 Å². The lowest BCUT2D eigenvalue weighted by atomic mass is 10.1. The molecule has 32 heavy (non-hydrogen) atoms. The largest absolute Gasteiger partial charge is 0.422 e. The summed E-state index contributed by atoms with van der Waals surface area (Å²) < 4.78 is 55.9. The van der Waals surface area contributed by atoms with E-state index < -0.39 is 26.0 Å². The van der Waals surface area contributed by atoms with Gasteiger partial charge >= 0.3 is 0 Å². The summed E-state index contributed by atoms with van der Waals surface area (Å²) in [7, 11) is -6.67. The Balaban J connectivity index is 1.76. The summed E-state index contributed by atoms with van der Waals surface area (Å²) in [4.78, 5) is 4.52. The SMILES string of the molecule is C=CCS(=O)(=O)C(c1nnc(CN[SH](=O)=O)o1)c1nc2ccc(-c3ccccc3)cc2s1. The predicted octanol–water partition coefficient (Wildman–Crippen LogP) is 2.65. The predicted molar refractivity (Wildman–Crippen MR) is 122 cm³/mol. The average molecular weight is 491 g/mol. The van der Waals surface area contributed by atoms with Gasteiger partial charge in [0.05, 0.1) is 22.5 Å². The summed E-state index contributed by atoms with van der Waals surface area (Å²) in [5, 5.41) is 6.60. The van der Waals surface area contributed by atoms with Gasteiger partial charge in [-0.25, -0.2) is 26.5 Å². The molecule has 1 unspecified atom stereocenters. The van der Waals surface area contributed by atoms with E-state index in [4.69, 9.17) is 4.42 Å². The number of aromatic nitrogens is 3. The van der Waals surface area contributed by atoms with Crippen LogP contribution in [0.2, 0.25) is 0 Å². The summed E-state index contributed by atoms with van der Waals surface area (Å²) in [5.74, 6) is -0.539. The fourth-order valence-corrected chi connectivity index (χ4v) is 6.23. The van der Waals surface area contributed by atoms with Crippen molar-refractivity contribution in [1.82, 2.24) is 19.9 Å². The van der Waals surface area contributed by atoms with Crippen LogP contribution in [0.5, 0.6) is 0 Å². The van der Waals surface area contributed by atoms with Gasteiger partial charge in [-0.1, -0.05) is 42.5 Å². The fraction of sp³-hybridized carbons (Fsp3) is 0.150. The Morgan fingerprint density at radius 2 is 1.91 bits per heavy atom. The highest BCUT2D eigenvalue weighted by Gasteiger charge is 2.36. The maximum absolute atomic E-state index is 13.0. The molecule has 2 aromatic carbocycles. The van der Waals surface area contributed by atoms with Gasteiger partial charge in [-0.15, -0.1) is 28.1 Å². The molecule has 2 heterocycles. The number of thiazole rings is 1. The topological polar surface area (TPSA) is 132 Å². The molecule has 0 aliphatic carbocycles. The van der Waals surface area contributed by atoms with Crippen LogP contribution in [0.4, 0.5) is 0 Å². The monoisotopic (exact) mass is 490 g/mol. The molecular formula is C20H18N4O5S3. The fourth-order valence-electron chi connectivity index (χ4n) is 3.11. The second-order valence-electron chi connectivity index (χ2n) is 6.72. The quantitative estimate of drug-likeness (QED) is 0.270. The lowest BCUT2D eigenvalue weighted by Gasteiger charge is -2.10. The van der Waals surface area contributed by atoms with Crippen molar-refractivity contribution in [3.05, 3.63) is 78.0 Å². The number of thiol groups is 1. The van der Waals surface area contributed by atoms with E-state index in [1.165, 1.54) is 17.4 Å². The minimum Gasteiger partial charge on any atom is -0.422 e. The second kappa shape index (κ2) is 9.28. The minimum atomic E-state index is -3.81. The molecule has 0 aliphatic heterocycles. The van der Waals surface area contributed by atoms with Gasteiger partial charge in [0.15, 0.2) is 15.1 Å². The first kappa shape index (κ1) is 22.3. The number of hydrogen-bond donors (Lipinski definition) is 2. The zero-order valence-corrected chi connectivity index (χ0v) is 19.1. The lowest BCUT2D eigenvalue weighted by Crippen LogP contribution is -2.17. The normalized spacial score (nSPS) is 12.9. The first-order chi connectivity index (χ1) is 15.4. The Kier molecular flexibility index (Phi) is 6.46. The highest BCUT2D eigenvalue weighted by Crippen LogP contribution is 2.37. The van der Waals surface area contributed by atoms with Gasteiger partial charge in [-0.2, -0.15) is 0 Å². The van der Waals surface area contributed by atoms with Crippen molar-refractivity contribution in [1.29, 1.82) is 0 Å². The molecule has 2 aromatic heterocycles. The van der Waals surface area contributed by atoms with Crippen LogP contribution in [0.3, 0.4) is 0 Å². The number of benzene rings is 2. The van der Waals surface area contributed by atoms with Crippen molar-refractivity contribution in [2.75, 3.05) is 5.75 Å². The first-order valence-electron chi connectivity index (χ1n) is 9.36. The zero-order chi connectivity index (χ0) is 22.7. The standard InChI is InChI=1S/C20H18N4O5S3/c1-2-10-32(27,28)18(19-24-23-17(29-19)12-21-31(25)26)20-22-15-9-8-14(11-16(15)30-20)13-6-4-3-5-7-13/h2-9,11,18,31H,1,10,12H2,(H,21,25,26). The van der Waals surface area contributed by atoms with Gasteiger partial charge in [0.2, 0.25) is 22.7 Å². The number of nitrogens with zero attached hydrogens (tertiary/aromatic N) is 3. The zero-order valence-electron chi connectivity index (χ0n) is 16.5. The van der Waals surface area contributed by atoms with Gasteiger partial charge < -0.3 is 4.42 Å². The van der Waals surface area contributed by atoms with E-state index in [2.05, 4.69) is 26.5 Å². The van der Waals surface area contributed by atoms with Gasteiger partial charge in [-0.05, 0) is 23.3 Å². The summed E-state index contributed by atoms with van der Waals surface area (Å²) in [5.41, 5.74) is 2.66. The number of rotatable bonds is 9. The van der Waals surface area contributed by atoms with Gasteiger partial charge in [0.25, 0.3) is 0 Å². The summed E-state index contributed by atoms with van der Waals surface area (Å²) in [6, 6.07) is 15.5. The number of fused-ring (bicyclic) bond motifs is 1. The second-order valence-corrected chi connectivity index (χ2v) is 10.7. The minimum absolute atomic E-state index is 0.0505. The third-order valence-electron chi connectivity index (χ3n) is 4.51. The van der Waals surface area contributed by atoms with Crippen molar-refractivity contribution >= 4 is 42.3 Å². The van der Waals surface area contributed by atoms with E-state index >= 15 is 0 Å². The molecular weight excluding hydrogens is 472 g/mol. The highest BCUT2D eigenvalue weighted by molar-refractivity contribution is 7.92. The smallest absolute Gasteiger partial charge is 0.241 e. The van der Waals surface area contributed by atoms with Crippen LogP contribution >= 0.6 is 11.3 Å². The van der Waals surface area contributed by atoms with E-state index in [0.29, 0.717) is 5.52 Å². The molecule has 0 spiro atoms. The van der Waals surface area contributed by atoms with Crippen LogP contribution in [0.15, 0.2) is 65.6 Å². The molecule has 9 nitrogen and oxygen atoms in total. The molecule has 0 fully saturated rings. The first-order valence-corrected chi connectivity index (χ1v) is 13.1. The Labute approximate surface area is 189 Å². The Bertz CT molecular complexity index is 1430. The number of hydrogen-bond acceptors (Lipinski definition) is 9. The highest BCUT2D eigenvalue weighted by atomic mass is 32.2. The molecule has 0 bridgehead atoms. The van der Waals surface area contributed by atoms with E-state index in [-0.39, 0.29) is 29.1 Å². The van der Waals surface area contributed by atoms with Crippen LogP contribution in [0.1, 0.15) is 22.0 Å². The molecule has 0 amide bonds. The molecule has 166 valence electrons. The lowest BCUT2D eigenvalue weighted by molar-refractivity contribution is 0.445. The molecule has 0 saturated heterocycles. The third kappa shape index (κ3) is 4.78. The molecule has 4 aromatic rings. The Morgan fingerprint density at radius 1 is 1.12 bits per heavy atom. The van der Waals surface area contributed by atoms with Crippen molar-refractivity contribution in [3.63, 3.8) is 0 Å². The average Bonchev–Trinajstić information content (AvgIpc) is 3.39. The van der Waals surface area contributed by atoms with Gasteiger partial charge in [-0.3, -0.25) is 0 Å². The molecule has 1 N–H and O–H groups in total. The van der Waals surface area contributed by atoms with Crippen LogP contribution in [-0.4, -0.2) is 37.8 Å². The van der Waals surface area contributed by atoms with E-state index in [1.807, 2.05) is 48.5 Å². The third-order valence-corrected chi connectivity index (χ3v) is 8.00. The van der Waals surface area contributed by atoms with Crippen LogP contribution in [0, 0.1) is 0 Å². The van der Waals surface area contributed by atoms with E-state index in [0.717, 1.165) is 15.8 Å². The van der Waals surface area contributed by atoms with Crippen LogP contribution in [0.25, 0.3) is 21.3 Å². The molecule has 12 heteroatoms. The van der Waals surface area contributed by atoms with Crippen LogP contribution in [-0.2, 0) is 27.3 Å². The summed E-state index contributed by atoms with van der Waals surface area (Å²) in [6.07, 6.45) is 1.28. The summed E-state index contributed by atoms with van der Waals surface area (Å²) in [6.45, 7) is 3.28. The molecule has 0 radical (unpaired) electrons. The van der Waals surface area contributed by atoms with E-state index in [1.54, 1.807) is 0 Å².